The van der Waals surface area contributed by atoms with Crippen molar-refractivity contribution in [2.45, 2.75) is 25.7 Å². The molecule has 0 atom stereocenters. The second kappa shape index (κ2) is 11.1. The zero-order valence-electron chi connectivity index (χ0n) is 7.16. The molecule has 2 nitrogen and oxygen atoms in total. The Bertz CT molecular complexity index is 135. The van der Waals surface area contributed by atoms with Gasteiger partial charge in [0.25, 0.3) is 0 Å². The van der Waals surface area contributed by atoms with Crippen LogP contribution in [0.2, 0.25) is 0 Å². The molecule has 0 heterocycles. The fraction of sp³-hybridized carbons (Fsp3) is 0.875. The first kappa shape index (κ1) is 12.1. The summed E-state index contributed by atoms with van der Waals surface area (Å²) in [4.78, 5) is 13.1. The summed E-state index contributed by atoms with van der Waals surface area (Å²) in [5.41, 5.74) is 0. The molecule has 0 aromatic rings. The summed E-state index contributed by atoms with van der Waals surface area (Å²) >= 11 is 5.82. The zero-order chi connectivity index (χ0) is 9.07. The van der Waals surface area contributed by atoms with E-state index < -0.39 is 0 Å². The topological polar surface area (TPSA) is 29.4 Å². The molecule has 0 aromatic heterocycles. The molecule has 0 fully saturated rings. The first-order valence-electron chi connectivity index (χ1n) is 4.14. The molecule has 0 bridgehead atoms. The molecule has 0 amide bonds. The van der Waals surface area contributed by atoms with Crippen molar-refractivity contribution in [2.75, 3.05) is 17.4 Å². The van der Waals surface area contributed by atoms with Crippen LogP contribution < -0.4 is 0 Å². The molecule has 0 aliphatic carbocycles. The maximum Gasteiger partial charge on any atom is 0.235 e. The maximum atomic E-state index is 9.67. The highest BCUT2D eigenvalue weighted by Crippen LogP contribution is 2.07. The summed E-state index contributed by atoms with van der Waals surface area (Å²) < 4.78 is 0. The van der Waals surface area contributed by atoms with Gasteiger partial charge in [-0.05, 0) is 24.3 Å². The molecule has 0 aliphatic heterocycles. The van der Waals surface area contributed by atoms with Gasteiger partial charge in [-0.25, -0.2) is 4.79 Å². The number of aliphatic imine (C=N–C) groups is 1. The fourth-order valence-electron chi connectivity index (χ4n) is 0.806. The van der Waals surface area contributed by atoms with E-state index in [0.717, 1.165) is 11.5 Å². The molecule has 0 rings (SSSR count). The van der Waals surface area contributed by atoms with E-state index in [4.69, 9.17) is 0 Å². The van der Waals surface area contributed by atoms with Crippen LogP contribution in [0.5, 0.6) is 0 Å². The molecule has 0 saturated heterocycles. The third-order valence-electron chi connectivity index (χ3n) is 1.42. The first-order chi connectivity index (χ1) is 5.91. The Morgan fingerprint density at radius 1 is 1.25 bits per heavy atom. The second-order valence-electron chi connectivity index (χ2n) is 2.42. The Morgan fingerprint density at radius 2 is 2.00 bits per heavy atom. The molecule has 12 heavy (non-hydrogen) atoms. The van der Waals surface area contributed by atoms with Crippen LogP contribution >= 0.6 is 24.4 Å². The van der Waals surface area contributed by atoms with Crippen LogP contribution in [-0.2, 0) is 4.79 Å². The Hall–Kier alpha value is 0.0800. The van der Waals surface area contributed by atoms with Gasteiger partial charge >= 0.3 is 0 Å². The SMILES string of the molecule is O=C=NCSCCCCCCS. The largest absolute Gasteiger partial charge is 0.235 e. The second-order valence-corrected chi connectivity index (χ2v) is 3.95. The fourth-order valence-corrected chi connectivity index (χ4v) is 1.71. The molecular formula is C8H15NOS2. The highest BCUT2D eigenvalue weighted by molar-refractivity contribution is 7.99. The number of thiol groups is 1. The highest BCUT2D eigenvalue weighted by Gasteiger charge is 1.89. The van der Waals surface area contributed by atoms with Crippen LogP contribution in [0.3, 0.4) is 0 Å². The molecule has 0 radical (unpaired) electrons. The van der Waals surface area contributed by atoms with Crippen molar-refractivity contribution < 1.29 is 4.79 Å². The maximum absolute atomic E-state index is 9.67. The molecule has 0 aliphatic rings. The van der Waals surface area contributed by atoms with Crippen molar-refractivity contribution in [3.8, 4) is 0 Å². The van der Waals surface area contributed by atoms with Gasteiger partial charge in [0.15, 0.2) is 0 Å². The third kappa shape index (κ3) is 10.1. The number of isocyanates is 1. The average Bonchev–Trinajstić information content (AvgIpc) is 2.10. The monoisotopic (exact) mass is 205 g/mol. The number of thioether (sulfide) groups is 1. The first-order valence-corrected chi connectivity index (χ1v) is 5.92. The number of hydrogen-bond acceptors (Lipinski definition) is 4. The summed E-state index contributed by atoms with van der Waals surface area (Å²) in [6.07, 6.45) is 6.47. The molecule has 0 spiro atoms. The highest BCUT2D eigenvalue weighted by atomic mass is 32.2. The van der Waals surface area contributed by atoms with Crippen molar-refractivity contribution in [3.05, 3.63) is 0 Å². The lowest BCUT2D eigenvalue weighted by Crippen LogP contribution is -1.83. The molecule has 4 heteroatoms. The number of nitrogens with zero attached hydrogens (tertiary/aromatic N) is 1. The van der Waals surface area contributed by atoms with Crippen LogP contribution in [0.1, 0.15) is 25.7 Å². The number of unbranched alkanes of at least 4 members (excludes halogenated alkanes) is 3. The van der Waals surface area contributed by atoms with Crippen LogP contribution in [-0.4, -0.2) is 23.5 Å². The van der Waals surface area contributed by atoms with Crippen molar-refractivity contribution >= 4 is 30.5 Å². The summed E-state index contributed by atoms with van der Waals surface area (Å²) in [7, 11) is 0. The van der Waals surface area contributed by atoms with Crippen LogP contribution in [0.15, 0.2) is 4.99 Å². The minimum Gasteiger partial charge on any atom is -0.211 e. The predicted octanol–water partition coefficient (Wildman–Crippen LogP) is 2.50. The predicted molar refractivity (Wildman–Crippen MR) is 57.8 cm³/mol. The molecule has 0 unspecified atom stereocenters. The van der Waals surface area contributed by atoms with Crippen LogP contribution in [0.25, 0.3) is 0 Å². The van der Waals surface area contributed by atoms with Gasteiger partial charge in [-0.3, -0.25) is 0 Å². The number of hydrogen-bond donors (Lipinski definition) is 1. The van der Waals surface area contributed by atoms with Gasteiger partial charge in [-0.15, -0.1) is 11.8 Å². The van der Waals surface area contributed by atoms with E-state index in [-0.39, 0.29) is 0 Å². The van der Waals surface area contributed by atoms with E-state index in [1.165, 1.54) is 31.8 Å². The van der Waals surface area contributed by atoms with Crippen LogP contribution in [0, 0.1) is 0 Å². The van der Waals surface area contributed by atoms with Gasteiger partial charge < -0.3 is 0 Å². The van der Waals surface area contributed by atoms with Crippen molar-refractivity contribution in [2.24, 2.45) is 4.99 Å². The lowest BCUT2D eigenvalue weighted by Gasteiger charge is -1.97. The summed E-state index contributed by atoms with van der Waals surface area (Å²) in [5, 5.41) is 0. The third-order valence-corrected chi connectivity index (χ3v) is 2.62. The lowest BCUT2D eigenvalue weighted by atomic mass is 10.2. The number of rotatable bonds is 8. The summed E-state index contributed by atoms with van der Waals surface area (Å²) in [5.74, 6) is 2.65. The van der Waals surface area contributed by atoms with E-state index in [9.17, 15) is 4.79 Å². The molecule has 0 saturated carbocycles. The van der Waals surface area contributed by atoms with Gasteiger partial charge in [-0.1, -0.05) is 12.8 Å². The quantitative estimate of drug-likeness (QED) is 0.285. The van der Waals surface area contributed by atoms with Gasteiger partial charge in [0.05, 0.1) is 5.88 Å². The average molecular weight is 205 g/mol. The standard InChI is InChI=1S/C8H15NOS2/c10-7-9-8-12-6-4-2-1-3-5-11/h11H,1-6,8H2. The van der Waals surface area contributed by atoms with Gasteiger partial charge in [0, 0.05) is 0 Å². The Kier molecular flexibility index (Phi) is 11.2. The van der Waals surface area contributed by atoms with E-state index in [1.54, 1.807) is 11.8 Å². The smallest absolute Gasteiger partial charge is 0.211 e. The zero-order valence-corrected chi connectivity index (χ0v) is 8.87. The normalized spacial score (nSPS) is 9.42. The molecule has 70 valence electrons. The summed E-state index contributed by atoms with van der Waals surface area (Å²) in [6.45, 7) is 0. The summed E-state index contributed by atoms with van der Waals surface area (Å²) in [6, 6.07) is 0. The Morgan fingerprint density at radius 3 is 2.67 bits per heavy atom. The molecular weight excluding hydrogens is 190 g/mol. The van der Waals surface area contributed by atoms with Crippen molar-refractivity contribution in [3.63, 3.8) is 0 Å². The van der Waals surface area contributed by atoms with Gasteiger partial charge in [-0.2, -0.15) is 17.6 Å². The van der Waals surface area contributed by atoms with Gasteiger partial charge in [0.1, 0.15) is 0 Å². The van der Waals surface area contributed by atoms with Crippen molar-refractivity contribution in [1.82, 2.24) is 0 Å². The van der Waals surface area contributed by atoms with Crippen molar-refractivity contribution in [1.29, 1.82) is 0 Å². The molecule has 0 N–H and O–H groups in total. The Balaban J connectivity index is 2.86. The minimum absolute atomic E-state index is 0.566. The van der Waals surface area contributed by atoms with E-state index in [1.807, 2.05) is 0 Å². The van der Waals surface area contributed by atoms with Gasteiger partial charge in [0.2, 0.25) is 6.08 Å². The van der Waals surface area contributed by atoms with E-state index in [0.29, 0.717) is 5.88 Å². The number of carbonyl (C=O) groups excluding carboxylic acids is 1. The van der Waals surface area contributed by atoms with E-state index in [2.05, 4.69) is 17.6 Å². The lowest BCUT2D eigenvalue weighted by molar-refractivity contribution is 0.564. The molecule has 0 aromatic carbocycles. The Labute approximate surface area is 83.6 Å². The minimum atomic E-state index is 0.566. The van der Waals surface area contributed by atoms with E-state index >= 15 is 0 Å². The van der Waals surface area contributed by atoms with Crippen LogP contribution in [0.4, 0.5) is 0 Å².